The molecule has 0 aliphatic heterocycles. The summed E-state index contributed by atoms with van der Waals surface area (Å²) in [7, 11) is 1.62. The Balaban J connectivity index is 1.59. The lowest BCUT2D eigenvalue weighted by Crippen LogP contribution is -2.51. The molecule has 144 valence electrons. The maximum atomic E-state index is 12.5. The van der Waals surface area contributed by atoms with Gasteiger partial charge in [-0.1, -0.05) is 61.7 Å². The third-order valence-electron chi connectivity index (χ3n) is 5.46. The number of hydrogen-bond acceptors (Lipinski definition) is 4. The van der Waals surface area contributed by atoms with Crippen molar-refractivity contribution in [2.45, 2.75) is 37.6 Å². The van der Waals surface area contributed by atoms with Crippen LogP contribution in [-0.4, -0.2) is 36.0 Å². The number of esters is 1. The van der Waals surface area contributed by atoms with Crippen molar-refractivity contribution in [1.82, 2.24) is 4.90 Å². The van der Waals surface area contributed by atoms with Crippen molar-refractivity contribution in [1.29, 1.82) is 5.26 Å². The molecule has 1 aliphatic carbocycles. The molecule has 5 nitrogen and oxygen atoms in total. The highest BCUT2D eigenvalue weighted by Crippen LogP contribution is 2.32. The zero-order valence-corrected chi connectivity index (χ0v) is 16.1. The van der Waals surface area contributed by atoms with Crippen molar-refractivity contribution in [3.63, 3.8) is 0 Å². The number of rotatable bonds is 5. The topological polar surface area (TPSA) is 70.4 Å². The van der Waals surface area contributed by atoms with Gasteiger partial charge >= 0.3 is 5.97 Å². The molecule has 28 heavy (non-hydrogen) atoms. The number of hydrogen-bond donors (Lipinski definition) is 0. The SMILES string of the molecule is CN(C(=O)COC(=O)c1ccc(-c2ccccc2)cc1)C1(C#N)CCCCC1. The van der Waals surface area contributed by atoms with E-state index in [0.717, 1.165) is 30.4 Å². The first-order valence-electron chi connectivity index (χ1n) is 9.56. The third kappa shape index (κ3) is 4.23. The highest BCUT2D eigenvalue weighted by Gasteiger charge is 2.39. The normalized spacial score (nSPS) is 15.3. The average molecular weight is 376 g/mol. The van der Waals surface area contributed by atoms with Crippen LogP contribution in [0.1, 0.15) is 42.5 Å². The van der Waals surface area contributed by atoms with Crippen LogP contribution in [-0.2, 0) is 9.53 Å². The first-order valence-corrected chi connectivity index (χ1v) is 9.56. The van der Waals surface area contributed by atoms with Crippen LogP contribution in [0, 0.1) is 11.3 Å². The summed E-state index contributed by atoms with van der Waals surface area (Å²) in [6.07, 6.45) is 4.28. The molecule has 0 radical (unpaired) electrons. The van der Waals surface area contributed by atoms with Crippen LogP contribution >= 0.6 is 0 Å². The summed E-state index contributed by atoms with van der Waals surface area (Å²) in [5.41, 5.74) is 1.68. The Labute approximate surface area is 165 Å². The molecule has 0 bridgehead atoms. The van der Waals surface area contributed by atoms with E-state index in [9.17, 15) is 14.9 Å². The summed E-state index contributed by atoms with van der Waals surface area (Å²) in [6.45, 7) is -0.362. The van der Waals surface area contributed by atoms with E-state index in [4.69, 9.17) is 4.74 Å². The summed E-state index contributed by atoms with van der Waals surface area (Å²) < 4.78 is 5.20. The molecular weight excluding hydrogens is 352 g/mol. The second-order valence-electron chi connectivity index (χ2n) is 7.18. The molecule has 0 saturated heterocycles. The minimum atomic E-state index is -0.779. The van der Waals surface area contributed by atoms with Gasteiger partial charge in [0.25, 0.3) is 5.91 Å². The van der Waals surface area contributed by atoms with Crippen LogP contribution in [0.3, 0.4) is 0 Å². The molecule has 3 rings (SSSR count). The second kappa shape index (κ2) is 8.71. The number of amides is 1. The predicted molar refractivity (Wildman–Crippen MR) is 106 cm³/mol. The number of ether oxygens (including phenoxy) is 1. The number of nitrogens with zero attached hydrogens (tertiary/aromatic N) is 2. The predicted octanol–water partition coefficient (Wildman–Crippen LogP) is 4.20. The number of benzene rings is 2. The Bertz CT molecular complexity index is 863. The lowest BCUT2D eigenvalue weighted by molar-refractivity contribution is -0.138. The Hall–Kier alpha value is -3.13. The van der Waals surface area contributed by atoms with Gasteiger partial charge in [0.1, 0.15) is 5.54 Å². The summed E-state index contributed by atoms with van der Waals surface area (Å²) in [6, 6.07) is 19.3. The van der Waals surface area contributed by atoms with E-state index in [1.807, 2.05) is 42.5 Å². The van der Waals surface area contributed by atoms with E-state index in [-0.39, 0.29) is 12.5 Å². The molecule has 0 atom stereocenters. The monoisotopic (exact) mass is 376 g/mol. The van der Waals surface area contributed by atoms with Crippen LogP contribution < -0.4 is 0 Å². The summed E-state index contributed by atoms with van der Waals surface area (Å²) >= 11 is 0. The third-order valence-corrected chi connectivity index (χ3v) is 5.46. The highest BCUT2D eigenvalue weighted by atomic mass is 16.5. The highest BCUT2D eigenvalue weighted by molar-refractivity contribution is 5.92. The van der Waals surface area contributed by atoms with Crippen LogP contribution in [0.15, 0.2) is 54.6 Å². The van der Waals surface area contributed by atoms with Crippen molar-refractivity contribution >= 4 is 11.9 Å². The van der Waals surface area contributed by atoms with Gasteiger partial charge < -0.3 is 9.64 Å². The standard InChI is InChI=1S/C23H24N2O3/c1-25(23(17-24)14-6-3-7-15-23)21(26)16-28-22(27)20-12-10-19(11-13-20)18-8-4-2-5-9-18/h2,4-5,8-13H,3,6-7,14-16H2,1H3. The van der Waals surface area contributed by atoms with Gasteiger partial charge in [0.2, 0.25) is 0 Å². The van der Waals surface area contributed by atoms with Gasteiger partial charge in [-0.2, -0.15) is 5.26 Å². The zero-order chi connectivity index (χ0) is 20.0. The van der Waals surface area contributed by atoms with Gasteiger partial charge in [0.15, 0.2) is 6.61 Å². The van der Waals surface area contributed by atoms with Crippen LogP contribution in [0.25, 0.3) is 11.1 Å². The first kappa shape index (κ1) is 19.6. The van der Waals surface area contributed by atoms with Crippen LogP contribution in [0.2, 0.25) is 0 Å². The van der Waals surface area contributed by atoms with Crippen molar-refractivity contribution in [2.75, 3.05) is 13.7 Å². The number of likely N-dealkylation sites (N-methyl/N-ethyl adjacent to an activating group) is 1. The lowest BCUT2D eigenvalue weighted by Gasteiger charge is -2.38. The Morgan fingerprint density at radius 2 is 1.61 bits per heavy atom. The molecular formula is C23H24N2O3. The van der Waals surface area contributed by atoms with Crippen molar-refractivity contribution in [3.8, 4) is 17.2 Å². The maximum absolute atomic E-state index is 12.5. The molecule has 1 amide bonds. The number of carbonyl (C=O) groups is 2. The smallest absolute Gasteiger partial charge is 0.338 e. The molecule has 1 saturated carbocycles. The molecule has 0 unspecified atom stereocenters. The fourth-order valence-electron chi connectivity index (χ4n) is 3.63. The van der Waals surface area contributed by atoms with E-state index in [0.29, 0.717) is 18.4 Å². The summed E-state index contributed by atoms with van der Waals surface area (Å²) in [5.74, 6) is -0.895. The largest absolute Gasteiger partial charge is 0.452 e. The first-order chi connectivity index (χ1) is 13.6. The Morgan fingerprint density at radius 1 is 1.00 bits per heavy atom. The minimum Gasteiger partial charge on any atom is -0.452 e. The molecule has 2 aromatic carbocycles. The van der Waals surface area contributed by atoms with Crippen molar-refractivity contribution in [3.05, 3.63) is 60.2 Å². The van der Waals surface area contributed by atoms with Gasteiger partial charge in [0, 0.05) is 7.05 Å². The van der Waals surface area contributed by atoms with E-state index in [2.05, 4.69) is 6.07 Å². The molecule has 0 heterocycles. The van der Waals surface area contributed by atoms with Crippen LogP contribution in [0.5, 0.6) is 0 Å². The minimum absolute atomic E-state index is 0.349. The average Bonchev–Trinajstić information content (AvgIpc) is 2.77. The summed E-state index contributed by atoms with van der Waals surface area (Å²) in [4.78, 5) is 26.2. The molecule has 0 aromatic heterocycles. The second-order valence-corrected chi connectivity index (χ2v) is 7.18. The number of nitriles is 1. The zero-order valence-electron chi connectivity index (χ0n) is 16.1. The molecule has 2 aromatic rings. The van der Waals surface area contributed by atoms with E-state index < -0.39 is 11.5 Å². The Morgan fingerprint density at radius 3 is 2.21 bits per heavy atom. The van der Waals surface area contributed by atoms with Gasteiger partial charge in [-0.3, -0.25) is 4.79 Å². The van der Waals surface area contributed by atoms with Gasteiger partial charge in [-0.15, -0.1) is 0 Å². The fraction of sp³-hybridized carbons (Fsp3) is 0.348. The molecule has 0 N–H and O–H groups in total. The summed E-state index contributed by atoms with van der Waals surface area (Å²) in [5, 5.41) is 9.58. The fourth-order valence-corrected chi connectivity index (χ4v) is 3.63. The number of carbonyl (C=O) groups excluding carboxylic acids is 2. The van der Waals surface area contributed by atoms with Gasteiger partial charge in [0.05, 0.1) is 11.6 Å². The molecule has 1 aliphatic rings. The molecule has 5 heteroatoms. The van der Waals surface area contributed by atoms with E-state index >= 15 is 0 Å². The molecule has 0 spiro atoms. The maximum Gasteiger partial charge on any atom is 0.338 e. The van der Waals surface area contributed by atoms with Crippen LogP contribution in [0.4, 0.5) is 0 Å². The van der Waals surface area contributed by atoms with E-state index in [1.165, 1.54) is 4.90 Å². The quantitative estimate of drug-likeness (QED) is 0.734. The lowest BCUT2D eigenvalue weighted by atomic mass is 9.81. The van der Waals surface area contributed by atoms with Gasteiger partial charge in [-0.05, 0) is 36.1 Å². The van der Waals surface area contributed by atoms with E-state index in [1.54, 1.807) is 19.2 Å². The van der Waals surface area contributed by atoms with Gasteiger partial charge in [-0.25, -0.2) is 4.79 Å². The Kier molecular flexibility index (Phi) is 6.10. The van der Waals surface area contributed by atoms with Crippen molar-refractivity contribution in [2.24, 2.45) is 0 Å². The molecule has 1 fully saturated rings. The van der Waals surface area contributed by atoms with Crippen molar-refractivity contribution < 1.29 is 14.3 Å².